The van der Waals surface area contributed by atoms with Gasteiger partial charge in [0.15, 0.2) is 0 Å². The van der Waals surface area contributed by atoms with E-state index in [1.807, 2.05) is 12.1 Å². The van der Waals surface area contributed by atoms with Crippen molar-refractivity contribution in [3.8, 4) is 0 Å². The normalized spacial score (nSPS) is 19.3. The second-order valence-corrected chi connectivity index (χ2v) is 5.92. The van der Waals surface area contributed by atoms with Crippen molar-refractivity contribution in [2.45, 2.75) is 19.5 Å². The van der Waals surface area contributed by atoms with E-state index in [4.69, 9.17) is 29.6 Å². The summed E-state index contributed by atoms with van der Waals surface area (Å²) < 4.78 is 0. The van der Waals surface area contributed by atoms with E-state index >= 15 is 0 Å². The predicted molar refractivity (Wildman–Crippen MR) is 84.5 cm³/mol. The summed E-state index contributed by atoms with van der Waals surface area (Å²) in [5.74, 6) is 0. The lowest BCUT2D eigenvalue weighted by atomic mass is 10.2. The van der Waals surface area contributed by atoms with Crippen LogP contribution in [0.2, 0.25) is 5.02 Å². The first-order chi connectivity index (χ1) is 9.06. The fourth-order valence-electron chi connectivity index (χ4n) is 2.34. The Morgan fingerprint density at radius 3 is 2.37 bits per heavy atom. The molecule has 104 valence electrons. The zero-order chi connectivity index (χ0) is 13.8. The molecule has 1 aliphatic rings. The van der Waals surface area contributed by atoms with E-state index in [1.165, 1.54) is 5.56 Å². The number of nitrogens with zero attached hydrogens (tertiary/aromatic N) is 2. The molecule has 0 saturated carbocycles. The van der Waals surface area contributed by atoms with Crippen LogP contribution in [0, 0.1) is 0 Å². The molecule has 2 N–H and O–H groups in total. The van der Waals surface area contributed by atoms with E-state index in [0.29, 0.717) is 4.99 Å². The smallest absolute Gasteiger partial charge is 0.0899 e. The molecule has 0 bridgehead atoms. The molecule has 0 aromatic heterocycles. The van der Waals surface area contributed by atoms with E-state index in [1.54, 1.807) is 0 Å². The number of halogens is 1. The summed E-state index contributed by atoms with van der Waals surface area (Å²) in [5, 5.41) is 0.791. The number of nitrogens with two attached hydrogens (primary N) is 1. The molecule has 3 nitrogen and oxygen atoms in total. The van der Waals surface area contributed by atoms with Crippen molar-refractivity contribution < 1.29 is 0 Å². The molecule has 0 aliphatic carbocycles. The van der Waals surface area contributed by atoms with Gasteiger partial charge in [-0.25, -0.2) is 0 Å². The molecule has 0 spiro atoms. The SMILES string of the molecule is CC(C(N)=S)N1CCN(Cc2ccc(Cl)cc2)CC1. The minimum atomic E-state index is 0.202. The monoisotopic (exact) mass is 297 g/mol. The van der Waals surface area contributed by atoms with Crippen LogP contribution in [0.4, 0.5) is 0 Å². The predicted octanol–water partition coefficient (Wildman–Crippen LogP) is 2.13. The third-order valence-corrected chi connectivity index (χ3v) is 4.28. The van der Waals surface area contributed by atoms with Crippen molar-refractivity contribution in [1.82, 2.24) is 9.80 Å². The zero-order valence-electron chi connectivity index (χ0n) is 11.2. The molecule has 19 heavy (non-hydrogen) atoms. The van der Waals surface area contributed by atoms with E-state index in [9.17, 15) is 0 Å². The van der Waals surface area contributed by atoms with Gasteiger partial charge in [-0.05, 0) is 24.6 Å². The van der Waals surface area contributed by atoms with E-state index in [-0.39, 0.29) is 6.04 Å². The molecule has 1 atom stereocenters. The van der Waals surface area contributed by atoms with Crippen LogP contribution in [0.1, 0.15) is 12.5 Å². The van der Waals surface area contributed by atoms with Crippen LogP contribution in [0.25, 0.3) is 0 Å². The summed E-state index contributed by atoms with van der Waals surface area (Å²) in [4.78, 5) is 5.39. The lowest BCUT2D eigenvalue weighted by molar-refractivity contribution is 0.118. The highest BCUT2D eigenvalue weighted by molar-refractivity contribution is 7.80. The van der Waals surface area contributed by atoms with Gasteiger partial charge in [0.1, 0.15) is 0 Å². The van der Waals surface area contributed by atoms with Gasteiger partial charge in [-0.2, -0.15) is 0 Å². The third kappa shape index (κ3) is 4.14. The van der Waals surface area contributed by atoms with E-state index in [0.717, 1.165) is 37.7 Å². The molecule has 1 aromatic carbocycles. The van der Waals surface area contributed by atoms with Crippen molar-refractivity contribution in [3.05, 3.63) is 34.9 Å². The highest BCUT2D eigenvalue weighted by Gasteiger charge is 2.22. The van der Waals surface area contributed by atoms with Crippen molar-refractivity contribution in [3.63, 3.8) is 0 Å². The fourth-order valence-corrected chi connectivity index (χ4v) is 2.61. The fraction of sp³-hybridized carbons (Fsp3) is 0.500. The molecular formula is C14H20ClN3S. The molecule has 1 heterocycles. The first kappa shape index (κ1) is 14.7. The molecule has 0 radical (unpaired) electrons. The standard InChI is InChI=1S/C14H20ClN3S/c1-11(14(16)19)18-8-6-17(7-9-18)10-12-2-4-13(15)5-3-12/h2-5,11H,6-10H2,1H3,(H2,16,19). The van der Waals surface area contributed by atoms with Gasteiger partial charge < -0.3 is 5.73 Å². The second kappa shape index (κ2) is 6.66. The second-order valence-electron chi connectivity index (χ2n) is 5.02. The summed E-state index contributed by atoms with van der Waals surface area (Å²) in [7, 11) is 0. The number of rotatable bonds is 4. The summed E-state index contributed by atoms with van der Waals surface area (Å²) >= 11 is 10.9. The van der Waals surface area contributed by atoms with Crippen LogP contribution in [0.15, 0.2) is 24.3 Å². The Hall–Kier alpha value is -0.680. The summed E-state index contributed by atoms with van der Waals surface area (Å²) in [6.45, 7) is 7.20. The molecule has 2 rings (SSSR count). The van der Waals surface area contributed by atoms with Crippen LogP contribution in [-0.4, -0.2) is 47.0 Å². The number of hydrogen-bond donors (Lipinski definition) is 1. The Bertz CT molecular complexity index is 427. The number of thiocarbonyl (C=S) groups is 1. The van der Waals surface area contributed by atoms with Gasteiger partial charge in [0.05, 0.1) is 11.0 Å². The molecule has 5 heteroatoms. The van der Waals surface area contributed by atoms with Gasteiger partial charge in [0.2, 0.25) is 0 Å². The largest absolute Gasteiger partial charge is 0.392 e. The van der Waals surface area contributed by atoms with Crippen LogP contribution in [0.5, 0.6) is 0 Å². The maximum Gasteiger partial charge on any atom is 0.0899 e. The Morgan fingerprint density at radius 1 is 1.26 bits per heavy atom. The summed E-state index contributed by atoms with van der Waals surface area (Å²) in [6.07, 6.45) is 0. The van der Waals surface area contributed by atoms with Crippen molar-refractivity contribution in [1.29, 1.82) is 0 Å². The lowest BCUT2D eigenvalue weighted by Crippen LogP contribution is -2.52. The maximum absolute atomic E-state index is 5.89. The molecule has 1 unspecified atom stereocenters. The van der Waals surface area contributed by atoms with Crippen molar-refractivity contribution >= 4 is 28.8 Å². The van der Waals surface area contributed by atoms with Crippen LogP contribution < -0.4 is 5.73 Å². The lowest BCUT2D eigenvalue weighted by Gasteiger charge is -2.37. The molecule has 0 amide bonds. The first-order valence-corrected chi connectivity index (χ1v) is 7.35. The van der Waals surface area contributed by atoms with E-state index < -0.39 is 0 Å². The first-order valence-electron chi connectivity index (χ1n) is 6.56. The quantitative estimate of drug-likeness (QED) is 0.863. The number of hydrogen-bond acceptors (Lipinski definition) is 3. The minimum Gasteiger partial charge on any atom is -0.392 e. The van der Waals surface area contributed by atoms with Crippen LogP contribution >= 0.6 is 23.8 Å². The average molecular weight is 298 g/mol. The summed E-state index contributed by atoms with van der Waals surface area (Å²) in [6, 6.07) is 8.27. The van der Waals surface area contributed by atoms with Gasteiger partial charge in [-0.1, -0.05) is 36.0 Å². The van der Waals surface area contributed by atoms with Gasteiger partial charge in [-0.15, -0.1) is 0 Å². The Morgan fingerprint density at radius 2 is 1.84 bits per heavy atom. The van der Waals surface area contributed by atoms with Crippen LogP contribution in [0.3, 0.4) is 0 Å². The zero-order valence-corrected chi connectivity index (χ0v) is 12.8. The van der Waals surface area contributed by atoms with Gasteiger partial charge in [-0.3, -0.25) is 9.80 Å². The van der Waals surface area contributed by atoms with Crippen molar-refractivity contribution in [2.24, 2.45) is 5.73 Å². The third-order valence-electron chi connectivity index (χ3n) is 3.69. The molecule has 1 aromatic rings. The molecule has 1 fully saturated rings. The van der Waals surface area contributed by atoms with Gasteiger partial charge in [0.25, 0.3) is 0 Å². The van der Waals surface area contributed by atoms with Crippen LogP contribution in [-0.2, 0) is 6.54 Å². The highest BCUT2D eigenvalue weighted by Crippen LogP contribution is 2.13. The highest BCUT2D eigenvalue weighted by atomic mass is 35.5. The van der Waals surface area contributed by atoms with Crippen molar-refractivity contribution in [2.75, 3.05) is 26.2 Å². The van der Waals surface area contributed by atoms with Gasteiger partial charge >= 0.3 is 0 Å². The summed E-state index contributed by atoms with van der Waals surface area (Å²) in [5.41, 5.74) is 7.01. The van der Waals surface area contributed by atoms with Gasteiger partial charge in [0, 0.05) is 37.7 Å². The Balaban J connectivity index is 1.83. The Labute approximate surface area is 125 Å². The molecular weight excluding hydrogens is 278 g/mol. The number of benzene rings is 1. The maximum atomic E-state index is 5.89. The topological polar surface area (TPSA) is 32.5 Å². The number of piperazine rings is 1. The Kier molecular flexibility index (Phi) is 5.16. The molecule has 1 saturated heterocycles. The van der Waals surface area contributed by atoms with E-state index in [2.05, 4.69) is 28.9 Å². The molecule has 1 aliphatic heterocycles. The average Bonchev–Trinajstić information content (AvgIpc) is 2.41. The minimum absolute atomic E-state index is 0.202.